The third kappa shape index (κ3) is 4.76. The van der Waals surface area contributed by atoms with Crippen molar-refractivity contribution in [2.45, 2.75) is 32.4 Å². The van der Waals surface area contributed by atoms with Crippen LogP contribution in [-0.4, -0.2) is 37.1 Å². The van der Waals surface area contributed by atoms with Gasteiger partial charge in [0.25, 0.3) is 0 Å². The fourth-order valence-corrected chi connectivity index (χ4v) is 2.45. The molecule has 102 valence electrons. The highest BCUT2D eigenvalue weighted by Gasteiger charge is 2.20. The number of thiophene rings is 1. The van der Waals surface area contributed by atoms with Gasteiger partial charge in [-0.15, -0.1) is 11.3 Å². The minimum atomic E-state index is -0.396. The smallest absolute Gasteiger partial charge is 0.239 e. The maximum atomic E-state index is 12.2. The Balaban J connectivity index is 2.61. The monoisotopic (exact) mass is 270 g/mol. The number of hydrogen-bond acceptors (Lipinski definition) is 4. The van der Waals surface area contributed by atoms with Gasteiger partial charge in [0.15, 0.2) is 0 Å². The van der Waals surface area contributed by atoms with Crippen LogP contribution in [0.5, 0.6) is 0 Å². The number of methoxy groups -OCH3 is 1. The summed E-state index contributed by atoms with van der Waals surface area (Å²) in [6.07, 6.45) is 1.65. The maximum Gasteiger partial charge on any atom is 0.239 e. The molecule has 4 nitrogen and oxygen atoms in total. The van der Waals surface area contributed by atoms with E-state index in [-0.39, 0.29) is 5.91 Å². The summed E-state index contributed by atoms with van der Waals surface area (Å²) in [6, 6.07) is 3.63. The maximum absolute atomic E-state index is 12.2. The van der Waals surface area contributed by atoms with Crippen molar-refractivity contribution in [1.29, 1.82) is 0 Å². The van der Waals surface area contributed by atoms with Gasteiger partial charge in [-0.1, -0.05) is 19.4 Å². The molecule has 0 saturated heterocycles. The molecule has 0 spiro atoms. The molecule has 18 heavy (non-hydrogen) atoms. The third-order valence-corrected chi connectivity index (χ3v) is 3.58. The number of ether oxygens (including phenoxy) is 1. The molecule has 5 heteroatoms. The third-order valence-electron chi connectivity index (χ3n) is 2.72. The van der Waals surface area contributed by atoms with Gasteiger partial charge in [-0.25, -0.2) is 0 Å². The van der Waals surface area contributed by atoms with Crippen molar-refractivity contribution in [3.8, 4) is 0 Å². The van der Waals surface area contributed by atoms with E-state index in [9.17, 15) is 4.79 Å². The summed E-state index contributed by atoms with van der Waals surface area (Å²) in [5, 5.41) is 2.01. The van der Waals surface area contributed by atoms with Crippen molar-refractivity contribution >= 4 is 17.2 Å². The van der Waals surface area contributed by atoms with E-state index in [4.69, 9.17) is 10.5 Å². The Hall–Kier alpha value is -0.910. The predicted molar refractivity (Wildman–Crippen MR) is 74.5 cm³/mol. The van der Waals surface area contributed by atoms with Gasteiger partial charge >= 0.3 is 0 Å². The Kier molecular flexibility index (Phi) is 6.93. The van der Waals surface area contributed by atoms with Crippen LogP contribution in [-0.2, 0) is 16.1 Å². The predicted octanol–water partition coefficient (Wildman–Crippen LogP) is 1.85. The molecule has 0 saturated carbocycles. The lowest BCUT2D eigenvalue weighted by atomic mass is 10.1. The van der Waals surface area contributed by atoms with Crippen LogP contribution in [0, 0.1) is 0 Å². The fraction of sp³-hybridized carbons (Fsp3) is 0.615. The number of hydrogen-bond donors (Lipinski definition) is 1. The van der Waals surface area contributed by atoms with Crippen LogP contribution in [0.1, 0.15) is 24.6 Å². The van der Waals surface area contributed by atoms with Gasteiger partial charge in [0.05, 0.1) is 19.2 Å². The van der Waals surface area contributed by atoms with Crippen molar-refractivity contribution in [2.24, 2.45) is 5.73 Å². The van der Waals surface area contributed by atoms with E-state index >= 15 is 0 Å². The first-order valence-electron chi connectivity index (χ1n) is 6.24. The first-order chi connectivity index (χ1) is 8.69. The Morgan fingerprint density at radius 1 is 1.61 bits per heavy atom. The second-order valence-corrected chi connectivity index (χ2v) is 5.26. The number of carbonyl (C=O) groups excluding carboxylic acids is 1. The Labute approximate surface area is 113 Å². The van der Waals surface area contributed by atoms with Crippen molar-refractivity contribution < 1.29 is 9.53 Å². The highest BCUT2D eigenvalue weighted by molar-refractivity contribution is 7.09. The number of nitrogens with two attached hydrogens (primary N) is 1. The average molecular weight is 270 g/mol. The zero-order chi connectivity index (χ0) is 13.4. The molecule has 0 aromatic carbocycles. The topological polar surface area (TPSA) is 55.6 Å². The summed E-state index contributed by atoms with van der Waals surface area (Å²) in [7, 11) is 1.64. The molecular formula is C13H22N2O2S. The molecule has 0 fully saturated rings. The van der Waals surface area contributed by atoms with E-state index < -0.39 is 6.04 Å². The minimum Gasteiger partial charge on any atom is -0.383 e. The lowest BCUT2D eigenvalue weighted by molar-refractivity contribution is -0.134. The first kappa shape index (κ1) is 15.1. The number of nitrogens with zero attached hydrogens (tertiary/aromatic N) is 1. The van der Waals surface area contributed by atoms with Crippen LogP contribution < -0.4 is 5.73 Å². The van der Waals surface area contributed by atoms with Gasteiger partial charge in [-0.2, -0.15) is 0 Å². The van der Waals surface area contributed by atoms with Crippen LogP contribution in [0.25, 0.3) is 0 Å². The van der Waals surface area contributed by atoms with Crippen LogP contribution in [0.2, 0.25) is 0 Å². The van der Waals surface area contributed by atoms with E-state index in [1.165, 1.54) is 4.88 Å². The largest absolute Gasteiger partial charge is 0.383 e. The molecule has 0 unspecified atom stereocenters. The summed E-state index contributed by atoms with van der Waals surface area (Å²) < 4.78 is 5.05. The van der Waals surface area contributed by atoms with Crippen LogP contribution >= 0.6 is 11.3 Å². The van der Waals surface area contributed by atoms with E-state index in [0.717, 1.165) is 12.8 Å². The zero-order valence-electron chi connectivity index (χ0n) is 11.1. The van der Waals surface area contributed by atoms with Gasteiger partial charge in [0.2, 0.25) is 5.91 Å². The van der Waals surface area contributed by atoms with Gasteiger partial charge in [-0.05, 0) is 17.9 Å². The second kappa shape index (κ2) is 8.24. The van der Waals surface area contributed by atoms with Gasteiger partial charge in [0, 0.05) is 18.5 Å². The van der Waals surface area contributed by atoms with Gasteiger partial charge < -0.3 is 15.4 Å². The number of rotatable bonds is 8. The lowest BCUT2D eigenvalue weighted by Crippen LogP contribution is -2.44. The highest BCUT2D eigenvalue weighted by Crippen LogP contribution is 2.13. The number of amides is 1. The molecule has 0 radical (unpaired) electrons. The summed E-state index contributed by atoms with van der Waals surface area (Å²) in [4.78, 5) is 15.2. The van der Waals surface area contributed by atoms with Crippen molar-refractivity contribution in [1.82, 2.24) is 4.90 Å². The summed E-state index contributed by atoms with van der Waals surface area (Å²) in [5.74, 6) is 0.0160. The average Bonchev–Trinajstić information content (AvgIpc) is 2.86. The molecule has 1 amide bonds. The molecule has 0 aliphatic rings. The lowest BCUT2D eigenvalue weighted by Gasteiger charge is -2.25. The zero-order valence-corrected chi connectivity index (χ0v) is 11.9. The molecular weight excluding hydrogens is 248 g/mol. The second-order valence-electron chi connectivity index (χ2n) is 4.23. The van der Waals surface area contributed by atoms with E-state index in [2.05, 4.69) is 0 Å². The van der Waals surface area contributed by atoms with Gasteiger partial charge in [-0.3, -0.25) is 4.79 Å². The molecule has 1 aromatic rings. The molecule has 0 aliphatic carbocycles. The van der Waals surface area contributed by atoms with Crippen molar-refractivity contribution in [2.75, 3.05) is 20.3 Å². The fourth-order valence-electron chi connectivity index (χ4n) is 1.73. The van der Waals surface area contributed by atoms with E-state index in [1.54, 1.807) is 23.3 Å². The Bertz CT molecular complexity index is 341. The van der Waals surface area contributed by atoms with Crippen molar-refractivity contribution in [3.05, 3.63) is 22.4 Å². The standard InChI is InChI=1S/C13H22N2O2S/c1-3-5-12(14)13(16)15(7-8-17-2)10-11-6-4-9-18-11/h4,6,9,12H,3,5,7-8,10,14H2,1-2H3/t12-/m0/s1. The van der Waals surface area contributed by atoms with Crippen LogP contribution in [0.4, 0.5) is 0 Å². The van der Waals surface area contributed by atoms with Crippen molar-refractivity contribution in [3.63, 3.8) is 0 Å². The number of carbonyl (C=O) groups is 1. The van der Waals surface area contributed by atoms with E-state index in [0.29, 0.717) is 19.7 Å². The summed E-state index contributed by atoms with van der Waals surface area (Å²) >= 11 is 1.65. The normalized spacial score (nSPS) is 12.4. The Morgan fingerprint density at radius 3 is 2.94 bits per heavy atom. The highest BCUT2D eigenvalue weighted by atomic mass is 32.1. The quantitative estimate of drug-likeness (QED) is 0.784. The molecule has 0 aliphatic heterocycles. The summed E-state index contributed by atoms with van der Waals surface area (Å²) in [6.45, 7) is 3.78. The first-order valence-corrected chi connectivity index (χ1v) is 7.12. The SMILES string of the molecule is CCC[C@H](N)C(=O)N(CCOC)Cc1cccs1. The molecule has 1 heterocycles. The van der Waals surface area contributed by atoms with Crippen LogP contribution in [0.15, 0.2) is 17.5 Å². The minimum absolute atomic E-state index is 0.0160. The molecule has 1 aromatic heterocycles. The van der Waals surface area contributed by atoms with E-state index in [1.807, 2.05) is 24.4 Å². The Morgan fingerprint density at radius 2 is 2.39 bits per heavy atom. The molecule has 0 bridgehead atoms. The van der Waals surface area contributed by atoms with Gasteiger partial charge in [0.1, 0.15) is 0 Å². The molecule has 1 rings (SSSR count). The summed E-state index contributed by atoms with van der Waals surface area (Å²) in [5.41, 5.74) is 5.90. The van der Waals surface area contributed by atoms with Crippen LogP contribution in [0.3, 0.4) is 0 Å². The molecule has 2 N–H and O–H groups in total. The molecule has 1 atom stereocenters.